The van der Waals surface area contributed by atoms with Gasteiger partial charge in [0.15, 0.2) is 5.52 Å². The molecule has 3 aromatic rings. The van der Waals surface area contributed by atoms with Crippen LogP contribution in [0.3, 0.4) is 0 Å². The van der Waals surface area contributed by atoms with Crippen molar-refractivity contribution in [1.29, 1.82) is 0 Å². The number of nitrogens with one attached hydrogen (secondary N) is 1. The number of aromatic amines is 1. The van der Waals surface area contributed by atoms with Crippen molar-refractivity contribution >= 4 is 21.1 Å². The summed E-state index contributed by atoms with van der Waals surface area (Å²) in [5.74, 6) is 0.219. The van der Waals surface area contributed by atoms with Gasteiger partial charge in [-0.25, -0.2) is 18.4 Å². The molecule has 202 valence electrons. The summed E-state index contributed by atoms with van der Waals surface area (Å²) >= 11 is 0. The quantitative estimate of drug-likeness (QED) is 0.312. The maximum absolute atomic E-state index is 13.5. The van der Waals surface area contributed by atoms with Crippen LogP contribution in [0.4, 0.5) is 0 Å². The first-order chi connectivity index (χ1) is 17.5. The minimum absolute atomic E-state index is 0.0821. The summed E-state index contributed by atoms with van der Waals surface area (Å²) < 4.78 is 40.6. The van der Waals surface area contributed by atoms with Crippen molar-refractivity contribution in [1.82, 2.24) is 29.0 Å². The molecular weight excluding hydrogens is 502 g/mol. The highest BCUT2D eigenvalue weighted by atomic mass is 32.2. The van der Waals surface area contributed by atoms with E-state index in [2.05, 4.69) is 20.1 Å². The lowest BCUT2D eigenvalue weighted by atomic mass is 10.2. The monoisotopic (exact) mass is 535 g/mol. The first kappa shape index (κ1) is 27.1. The van der Waals surface area contributed by atoms with Crippen molar-refractivity contribution in [2.24, 2.45) is 7.05 Å². The van der Waals surface area contributed by atoms with Crippen LogP contribution in [0.5, 0.6) is 5.88 Å². The molecule has 4 rings (SSSR count). The van der Waals surface area contributed by atoms with Crippen LogP contribution in [-0.4, -0.2) is 94.6 Å². The minimum Gasteiger partial charge on any atom is -0.633 e. The van der Waals surface area contributed by atoms with Gasteiger partial charge in [0.05, 0.1) is 56.8 Å². The van der Waals surface area contributed by atoms with Gasteiger partial charge in [-0.15, -0.1) is 0 Å². The molecule has 1 N–H and O–H groups in total. The standard InChI is InChI=1S/C23H33N7O6S/c1-6-18-19-20(27-28(18)4)22(31)26-21(25-19)17-12-16(13-24-23(17)36-15(3)14-35-5)37(33,34)29-8-10-30(32,7-2)11-9-29/h12-13,15H,6-11,14H2,1-5H3,(H,25,26,31)/t15-/m1/s1. The van der Waals surface area contributed by atoms with E-state index in [9.17, 15) is 18.4 Å². The van der Waals surface area contributed by atoms with Gasteiger partial charge in [-0.2, -0.15) is 9.40 Å². The summed E-state index contributed by atoms with van der Waals surface area (Å²) in [5, 5.41) is 16.8. The maximum Gasteiger partial charge on any atom is 0.279 e. The SMILES string of the molecule is CCc1c2nc(-c3cc(S(=O)(=O)N4CC[N+]([O-])(CC)CC4)cnc3O[C@H](C)COC)[nH]c(=O)c2nn1C. The number of likely N-dealkylation sites (N-methyl/N-ethyl adjacent to an activating group) is 1. The first-order valence-electron chi connectivity index (χ1n) is 12.2. The van der Waals surface area contributed by atoms with Crippen molar-refractivity contribution in [2.45, 2.75) is 38.2 Å². The molecule has 0 aliphatic carbocycles. The predicted molar refractivity (Wildman–Crippen MR) is 136 cm³/mol. The van der Waals surface area contributed by atoms with Gasteiger partial charge in [-0.05, 0) is 26.3 Å². The van der Waals surface area contributed by atoms with E-state index >= 15 is 0 Å². The Morgan fingerprint density at radius 2 is 1.95 bits per heavy atom. The van der Waals surface area contributed by atoms with Crippen LogP contribution in [0.15, 0.2) is 22.0 Å². The van der Waals surface area contributed by atoms with E-state index in [0.717, 1.165) is 5.69 Å². The van der Waals surface area contributed by atoms with Gasteiger partial charge in [0.25, 0.3) is 5.56 Å². The Balaban J connectivity index is 1.82. The molecule has 37 heavy (non-hydrogen) atoms. The lowest BCUT2D eigenvalue weighted by molar-refractivity contribution is -0.882. The Hall–Kier alpha value is -2.91. The van der Waals surface area contributed by atoms with Gasteiger partial charge < -0.3 is 24.3 Å². The fourth-order valence-electron chi connectivity index (χ4n) is 4.46. The lowest BCUT2D eigenvalue weighted by Crippen LogP contribution is -2.57. The smallest absolute Gasteiger partial charge is 0.279 e. The molecule has 4 heterocycles. The van der Waals surface area contributed by atoms with Crippen LogP contribution >= 0.6 is 0 Å². The number of hydroxylamine groups is 3. The van der Waals surface area contributed by atoms with E-state index in [1.54, 1.807) is 25.6 Å². The molecule has 0 amide bonds. The van der Waals surface area contributed by atoms with Crippen LogP contribution in [0, 0.1) is 5.21 Å². The summed E-state index contributed by atoms with van der Waals surface area (Å²) in [6.07, 6.45) is 1.41. The predicted octanol–water partition coefficient (Wildman–Crippen LogP) is 1.03. The molecule has 1 atom stereocenters. The molecular formula is C23H33N7O6S. The Labute approximate surface area is 215 Å². The number of aromatic nitrogens is 5. The molecule has 3 aromatic heterocycles. The summed E-state index contributed by atoms with van der Waals surface area (Å²) in [5.41, 5.74) is 1.14. The Morgan fingerprint density at radius 3 is 2.57 bits per heavy atom. The van der Waals surface area contributed by atoms with Crippen LogP contribution in [0.25, 0.3) is 22.4 Å². The van der Waals surface area contributed by atoms with E-state index in [4.69, 9.17) is 9.47 Å². The summed E-state index contributed by atoms with van der Waals surface area (Å²) in [4.78, 5) is 24.5. The highest BCUT2D eigenvalue weighted by Gasteiger charge is 2.33. The van der Waals surface area contributed by atoms with Gasteiger partial charge in [0.1, 0.15) is 22.3 Å². The third-order valence-electron chi connectivity index (χ3n) is 6.67. The molecule has 13 nitrogen and oxygen atoms in total. The number of methoxy groups -OCH3 is 1. The zero-order valence-corrected chi connectivity index (χ0v) is 22.5. The van der Waals surface area contributed by atoms with Crippen LogP contribution < -0.4 is 10.3 Å². The van der Waals surface area contributed by atoms with Gasteiger partial charge >= 0.3 is 0 Å². The number of aryl methyl sites for hydroxylation is 2. The van der Waals surface area contributed by atoms with Crippen LogP contribution in [0.2, 0.25) is 0 Å². The van der Waals surface area contributed by atoms with Gasteiger partial charge in [-0.1, -0.05) is 6.92 Å². The van der Waals surface area contributed by atoms with Crippen molar-refractivity contribution in [3.63, 3.8) is 0 Å². The molecule has 1 saturated heterocycles. The molecule has 1 fully saturated rings. The Morgan fingerprint density at radius 1 is 1.24 bits per heavy atom. The second kappa shape index (κ2) is 10.5. The number of piperazine rings is 1. The van der Waals surface area contributed by atoms with Crippen LogP contribution in [0.1, 0.15) is 26.5 Å². The number of sulfonamides is 1. The van der Waals surface area contributed by atoms with Crippen LogP contribution in [-0.2, 0) is 28.2 Å². The third kappa shape index (κ3) is 5.25. The largest absolute Gasteiger partial charge is 0.633 e. The van der Waals surface area contributed by atoms with Crippen molar-refractivity contribution in [3.8, 4) is 17.3 Å². The average molecular weight is 536 g/mol. The number of H-pyrrole nitrogens is 1. The number of rotatable bonds is 9. The number of hydrogen-bond donors (Lipinski definition) is 1. The molecule has 0 radical (unpaired) electrons. The number of pyridine rings is 1. The molecule has 0 saturated carbocycles. The highest BCUT2D eigenvalue weighted by Crippen LogP contribution is 2.31. The highest BCUT2D eigenvalue weighted by molar-refractivity contribution is 7.89. The molecule has 0 bridgehead atoms. The van der Waals surface area contributed by atoms with E-state index in [0.29, 0.717) is 18.5 Å². The minimum atomic E-state index is -3.96. The number of fused-ring (bicyclic) bond motifs is 1. The lowest BCUT2D eigenvalue weighted by Gasteiger charge is -2.47. The second-order valence-corrected chi connectivity index (χ2v) is 11.1. The van der Waals surface area contributed by atoms with Crippen molar-refractivity contribution in [3.05, 3.63) is 33.5 Å². The topological polar surface area (TPSA) is 155 Å². The normalized spacial score (nSPS) is 17.2. The molecule has 0 unspecified atom stereocenters. The van der Waals surface area contributed by atoms with E-state index < -0.39 is 26.3 Å². The second-order valence-electron chi connectivity index (χ2n) is 9.17. The summed E-state index contributed by atoms with van der Waals surface area (Å²) in [6, 6.07) is 1.40. The first-order valence-corrected chi connectivity index (χ1v) is 13.7. The molecule has 0 spiro atoms. The van der Waals surface area contributed by atoms with Gasteiger partial charge in [-0.3, -0.25) is 9.48 Å². The number of quaternary nitrogens is 1. The zero-order chi connectivity index (χ0) is 27.0. The number of ether oxygens (including phenoxy) is 2. The fourth-order valence-corrected chi connectivity index (χ4v) is 5.86. The van der Waals surface area contributed by atoms with Gasteiger partial charge in [0.2, 0.25) is 15.9 Å². The van der Waals surface area contributed by atoms with E-state index in [1.165, 1.54) is 23.7 Å². The summed E-state index contributed by atoms with van der Waals surface area (Å²) in [6.45, 7) is 6.74. The zero-order valence-electron chi connectivity index (χ0n) is 21.7. The number of hydrogen-bond acceptors (Lipinski definition) is 9. The molecule has 0 aromatic carbocycles. The van der Waals surface area contributed by atoms with Gasteiger partial charge in [0, 0.05) is 14.2 Å². The summed E-state index contributed by atoms with van der Waals surface area (Å²) in [7, 11) is -0.685. The molecule has 1 aliphatic rings. The van der Waals surface area contributed by atoms with E-state index in [1.807, 2.05) is 6.92 Å². The van der Waals surface area contributed by atoms with E-state index in [-0.39, 0.29) is 60.5 Å². The number of nitrogens with zero attached hydrogens (tertiary/aromatic N) is 6. The average Bonchev–Trinajstić information content (AvgIpc) is 3.20. The maximum atomic E-state index is 13.5. The Bertz CT molecular complexity index is 1440. The third-order valence-corrected chi connectivity index (χ3v) is 8.53. The van der Waals surface area contributed by atoms with Crippen molar-refractivity contribution < 1.29 is 22.5 Å². The fraction of sp³-hybridized carbons (Fsp3) is 0.565. The van der Waals surface area contributed by atoms with Crippen molar-refractivity contribution in [2.75, 3.05) is 46.4 Å². The molecule has 14 heteroatoms. The molecule has 1 aliphatic heterocycles. The Kier molecular flexibility index (Phi) is 7.67.